The molecule has 1 atom stereocenters. The van der Waals surface area contributed by atoms with Crippen molar-refractivity contribution in [2.45, 2.75) is 32.7 Å². The second-order valence-corrected chi connectivity index (χ2v) is 5.96. The van der Waals surface area contributed by atoms with Gasteiger partial charge in [0.2, 0.25) is 0 Å². The molecule has 2 heterocycles. The number of aromatic nitrogens is 2. The standard InChI is InChI=1S/C14H16N2OS/c1-9-5-6-18-14(9)13-12(8-17)7-16(15-13)10(2)11-3-4-11/h5-8,10-11H,3-4H2,1-2H3. The van der Waals surface area contributed by atoms with Gasteiger partial charge in [-0.3, -0.25) is 9.48 Å². The average Bonchev–Trinajstić information content (AvgIpc) is 3.00. The molecule has 94 valence electrons. The number of rotatable bonds is 4. The number of carbonyl (C=O) groups is 1. The molecule has 3 rings (SSSR count). The van der Waals surface area contributed by atoms with Crippen molar-refractivity contribution >= 4 is 17.6 Å². The van der Waals surface area contributed by atoms with E-state index in [1.807, 2.05) is 16.3 Å². The monoisotopic (exact) mass is 260 g/mol. The lowest BCUT2D eigenvalue weighted by Crippen LogP contribution is -2.07. The van der Waals surface area contributed by atoms with E-state index in [2.05, 4.69) is 25.0 Å². The lowest BCUT2D eigenvalue weighted by atomic mass is 10.2. The molecule has 1 aliphatic rings. The molecule has 2 aromatic heterocycles. The van der Waals surface area contributed by atoms with Gasteiger partial charge < -0.3 is 0 Å². The van der Waals surface area contributed by atoms with Crippen LogP contribution in [0.5, 0.6) is 0 Å². The highest BCUT2D eigenvalue weighted by Crippen LogP contribution is 2.40. The minimum absolute atomic E-state index is 0.401. The van der Waals surface area contributed by atoms with Crippen LogP contribution in [0.4, 0.5) is 0 Å². The van der Waals surface area contributed by atoms with Gasteiger partial charge in [0, 0.05) is 6.20 Å². The Kier molecular flexibility index (Phi) is 2.82. The fourth-order valence-electron chi connectivity index (χ4n) is 2.29. The van der Waals surface area contributed by atoms with Crippen molar-refractivity contribution in [1.29, 1.82) is 0 Å². The molecule has 2 aromatic rings. The summed E-state index contributed by atoms with van der Waals surface area (Å²) in [5.74, 6) is 0.738. The summed E-state index contributed by atoms with van der Waals surface area (Å²) < 4.78 is 1.97. The molecule has 0 N–H and O–H groups in total. The van der Waals surface area contributed by atoms with Gasteiger partial charge in [-0.05, 0) is 49.6 Å². The van der Waals surface area contributed by atoms with Crippen LogP contribution in [0.3, 0.4) is 0 Å². The van der Waals surface area contributed by atoms with E-state index >= 15 is 0 Å². The number of hydrogen-bond donors (Lipinski definition) is 0. The van der Waals surface area contributed by atoms with Crippen molar-refractivity contribution in [2.75, 3.05) is 0 Å². The molecule has 1 saturated carbocycles. The molecule has 0 amide bonds. The number of carbonyl (C=O) groups excluding carboxylic acids is 1. The highest BCUT2D eigenvalue weighted by molar-refractivity contribution is 7.13. The Balaban J connectivity index is 2.03. The molecule has 3 nitrogen and oxygen atoms in total. The number of hydrogen-bond acceptors (Lipinski definition) is 3. The third kappa shape index (κ3) is 1.90. The maximum Gasteiger partial charge on any atom is 0.153 e. The van der Waals surface area contributed by atoms with Crippen LogP contribution < -0.4 is 0 Å². The van der Waals surface area contributed by atoms with Crippen LogP contribution in [0, 0.1) is 12.8 Å². The molecule has 0 aromatic carbocycles. The van der Waals surface area contributed by atoms with Gasteiger partial charge in [-0.1, -0.05) is 0 Å². The average molecular weight is 260 g/mol. The summed E-state index contributed by atoms with van der Waals surface area (Å²) in [5.41, 5.74) is 2.73. The van der Waals surface area contributed by atoms with Gasteiger partial charge in [0.05, 0.1) is 16.5 Å². The smallest absolute Gasteiger partial charge is 0.153 e. The zero-order valence-corrected chi connectivity index (χ0v) is 11.4. The summed E-state index contributed by atoms with van der Waals surface area (Å²) in [7, 11) is 0. The van der Waals surface area contributed by atoms with Crippen molar-refractivity contribution in [3.05, 3.63) is 28.8 Å². The van der Waals surface area contributed by atoms with Crippen LogP contribution in [0.2, 0.25) is 0 Å². The summed E-state index contributed by atoms with van der Waals surface area (Å²) in [6, 6.07) is 2.47. The van der Waals surface area contributed by atoms with Crippen LogP contribution in [-0.4, -0.2) is 16.1 Å². The normalized spacial score (nSPS) is 16.8. The molecule has 18 heavy (non-hydrogen) atoms. The molecule has 0 aliphatic heterocycles. The fraction of sp³-hybridized carbons (Fsp3) is 0.429. The molecule has 4 heteroatoms. The van der Waals surface area contributed by atoms with Crippen LogP contribution >= 0.6 is 11.3 Å². The largest absolute Gasteiger partial charge is 0.298 e. The number of nitrogens with zero attached hydrogens (tertiary/aromatic N) is 2. The Bertz CT molecular complexity index is 580. The van der Waals surface area contributed by atoms with Gasteiger partial charge in [-0.25, -0.2) is 0 Å². The van der Waals surface area contributed by atoms with Gasteiger partial charge in [-0.15, -0.1) is 11.3 Å². The molecule has 0 spiro atoms. The Morgan fingerprint density at radius 3 is 2.89 bits per heavy atom. The predicted octanol–water partition coefficient (Wildman–Crippen LogP) is 3.70. The van der Waals surface area contributed by atoms with E-state index in [1.54, 1.807) is 11.3 Å². The summed E-state index contributed by atoms with van der Waals surface area (Å²) in [4.78, 5) is 12.3. The van der Waals surface area contributed by atoms with E-state index in [9.17, 15) is 4.79 Å². The number of aldehydes is 1. The number of aryl methyl sites for hydroxylation is 1. The van der Waals surface area contributed by atoms with Gasteiger partial charge in [0.15, 0.2) is 6.29 Å². The third-order valence-corrected chi connectivity index (χ3v) is 4.71. The second kappa shape index (κ2) is 4.35. The first-order valence-electron chi connectivity index (χ1n) is 6.29. The van der Waals surface area contributed by atoms with Gasteiger partial charge in [-0.2, -0.15) is 5.10 Å². The van der Waals surface area contributed by atoms with Gasteiger partial charge >= 0.3 is 0 Å². The van der Waals surface area contributed by atoms with Crippen molar-refractivity contribution in [3.63, 3.8) is 0 Å². The Hall–Kier alpha value is -1.42. The van der Waals surface area contributed by atoms with Crippen LogP contribution in [0.15, 0.2) is 17.6 Å². The van der Waals surface area contributed by atoms with E-state index in [0.29, 0.717) is 11.6 Å². The van der Waals surface area contributed by atoms with Crippen LogP contribution in [-0.2, 0) is 0 Å². The van der Waals surface area contributed by atoms with E-state index in [4.69, 9.17) is 0 Å². The quantitative estimate of drug-likeness (QED) is 0.786. The van der Waals surface area contributed by atoms with Crippen molar-refractivity contribution < 1.29 is 4.79 Å². The molecule has 1 fully saturated rings. The molecular formula is C14H16N2OS. The zero-order valence-electron chi connectivity index (χ0n) is 10.6. The summed E-state index contributed by atoms with van der Waals surface area (Å²) in [5, 5.41) is 6.69. The van der Waals surface area contributed by atoms with Gasteiger partial charge in [0.1, 0.15) is 5.69 Å². The Morgan fingerprint density at radius 2 is 2.33 bits per heavy atom. The van der Waals surface area contributed by atoms with Crippen molar-refractivity contribution in [3.8, 4) is 10.6 Å². The number of thiophene rings is 1. The predicted molar refractivity (Wildman–Crippen MR) is 73.1 cm³/mol. The van der Waals surface area contributed by atoms with E-state index < -0.39 is 0 Å². The molecular weight excluding hydrogens is 244 g/mol. The van der Waals surface area contributed by atoms with E-state index in [1.165, 1.54) is 18.4 Å². The first kappa shape index (κ1) is 11.7. The molecule has 1 unspecified atom stereocenters. The SMILES string of the molecule is Cc1ccsc1-c1nn(C(C)C2CC2)cc1C=O. The van der Waals surface area contributed by atoms with Crippen molar-refractivity contribution in [2.24, 2.45) is 5.92 Å². The molecule has 0 bridgehead atoms. The molecule has 0 radical (unpaired) electrons. The minimum atomic E-state index is 0.401. The van der Waals surface area contributed by atoms with Crippen LogP contribution in [0.1, 0.15) is 41.7 Å². The highest BCUT2D eigenvalue weighted by Gasteiger charge is 2.30. The van der Waals surface area contributed by atoms with Gasteiger partial charge in [0.25, 0.3) is 0 Å². The lowest BCUT2D eigenvalue weighted by molar-refractivity contribution is 0.112. The van der Waals surface area contributed by atoms with E-state index in [-0.39, 0.29) is 0 Å². The second-order valence-electron chi connectivity index (χ2n) is 5.04. The first-order chi connectivity index (χ1) is 8.70. The minimum Gasteiger partial charge on any atom is -0.298 e. The lowest BCUT2D eigenvalue weighted by Gasteiger charge is -2.09. The third-order valence-electron chi connectivity index (χ3n) is 3.69. The Labute approximate surface area is 110 Å². The highest BCUT2D eigenvalue weighted by atomic mass is 32.1. The maximum absolute atomic E-state index is 11.2. The summed E-state index contributed by atoms with van der Waals surface area (Å²) in [6.45, 7) is 4.24. The molecule has 1 aliphatic carbocycles. The molecule has 0 saturated heterocycles. The van der Waals surface area contributed by atoms with Crippen molar-refractivity contribution in [1.82, 2.24) is 9.78 Å². The summed E-state index contributed by atoms with van der Waals surface area (Å²) >= 11 is 1.65. The van der Waals surface area contributed by atoms with E-state index in [0.717, 1.165) is 22.8 Å². The first-order valence-corrected chi connectivity index (χ1v) is 7.17. The topological polar surface area (TPSA) is 34.9 Å². The Morgan fingerprint density at radius 1 is 1.56 bits per heavy atom. The summed E-state index contributed by atoms with van der Waals surface area (Å²) in [6.07, 6.45) is 5.37. The maximum atomic E-state index is 11.2. The van der Waals surface area contributed by atoms with Crippen LogP contribution in [0.25, 0.3) is 10.6 Å². The zero-order chi connectivity index (χ0) is 12.7. The fourth-order valence-corrected chi connectivity index (χ4v) is 3.22.